The summed E-state index contributed by atoms with van der Waals surface area (Å²) in [5.41, 5.74) is 4.99. The van der Waals surface area contributed by atoms with Gasteiger partial charge in [-0.15, -0.1) is 0 Å². The van der Waals surface area contributed by atoms with Crippen molar-refractivity contribution in [1.29, 1.82) is 0 Å². The van der Waals surface area contributed by atoms with Crippen molar-refractivity contribution in [3.05, 3.63) is 0 Å². The van der Waals surface area contributed by atoms with E-state index in [2.05, 4.69) is 4.18 Å². The highest BCUT2D eigenvalue weighted by atomic mass is 35.6. The number of carbonyl (C=O) groups excluding carboxylic acids is 1. The summed E-state index contributed by atoms with van der Waals surface area (Å²) in [5, 5.41) is 0. The van der Waals surface area contributed by atoms with E-state index in [0.717, 1.165) is 0 Å². The van der Waals surface area contributed by atoms with Gasteiger partial charge in [0.1, 0.15) is 6.61 Å². The molecular formula is C8H15Cl3N2O4S. The molecule has 0 saturated heterocycles. The average molecular weight is 342 g/mol. The molecule has 0 aromatic heterocycles. The van der Waals surface area contributed by atoms with Crippen LogP contribution in [-0.2, 0) is 14.5 Å². The second-order valence-corrected chi connectivity index (χ2v) is 7.77. The Hall–Kier alpha value is 0.0500. The molecule has 0 saturated carbocycles. The molecule has 0 aliphatic heterocycles. The summed E-state index contributed by atoms with van der Waals surface area (Å²) < 4.78 is 26.4. The largest absolute Gasteiger partial charge is 0.366 e. The quantitative estimate of drug-likeness (QED) is 0.749. The van der Waals surface area contributed by atoms with E-state index in [1.807, 2.05) is 6.92 Å². The van der Waals surface area contributed by atoms with E-state index in [4.69, 9.17) is 40.5 Å². The maximum atomic E-state index is 11.7. The fourth-order valence-electron chi connectivity index (χ4n) is 0.909. The Balaban J connectivity index is 4.84. The fraction of sp³-hybridized carbons (Fsp3) is 0.875. The monoisotopic (exact) mass is 340 g/mol. The molecular weight excluding hydrogens is 327 g/mol. The molecule has 0 fully saturated rings. The maximum Gasteiger partial charge on any atom is 0.366 e. The van der Waals surface area contributed by atoms with Crippen LogP contribution in [0.5, 0.6) is 0 Å². The third-order valence-electron chi connectivity index (χ3n) is 2.06. The minimum absolute atomic E-state index is 0.0661. The summed E-state index contributed by atoms with van der Waals surface area (Å²) in [4.78, 5) is 11.1. The van der Waals surface area contributed by atoms with E-state index < -0.39 is 26.7 Å². The third kappa shape index (κ3) is 6.84. The minimum atomic E-state index is -4.35. The first-order valence-electron chi connectivity index (χ1n) is 5.03. The summed E-state index contributed by atoms with van der Waals surface area (Å²) in [7, 11) is -4.35. The molecule has 0 bridgehead atoms. The first-order chi connectivity index (χ1) is 7.99. The highest BCUT2D eigenvalue weighted by Crippen LogP contribution is 2.27. The normalized spacial score (nSPS) is 14.3. The smallest absolute Gasteiger partial charge is 0.351 e. The van der Waals surface area contributed by atoms with Gasteiger partial charge in [0.2, 0.25) is 3.79 Å². The Bertz CT molecular complexity index is 382. The molecule has 0 aliphatic carbocycles. The van der Waals surface area contributed by atoms with Crippen LogP contribution in [0.2, 0.25) is 0 Å². The van der Waals surface area contributed by atoms with Gasteiger partial charge in [0, 0.05) is 6.54 Å². The average Bonchev–Trinajstić information content (AvgIpc) is 2.21. The molecule has 0 rings (SSSR count). The van der Waals surface area contributed by atoms with Gasteiger partial charge in [-0.05, 0) is 5.92 Å². The Morgan fingerprint density at radius 3 is 2.28 bits per heavy atom. The van der Waals surface area contributed by atoms with Crippen molar-refractivity contribution in [2.45, 2.75) is 24.1 Å². The maximum absolute atomic E-state index is 11.7. The number of amides is 2. The molecule has 108 valence electrons. The molecule has 0 aliphatic rings. The molecule has 0 aromatic rings. The van der Waals surface area contributed by atoms with Crippen LogP contribution in [0.3, 0.4) is 0 Å². The molecule has 1 atom stereocenters. The summed E-state index contributed by atoms with van der Waals surface area (Å²) >= 11 is 16.1. The molecule has 10 heteroatoms. The summed E-state index contributed by atoms with van der Waals surface area (Å²) in [6.07, 6.45) is 0.670. The molecule has 2 amide bonds. The van der Waals surface area contributed by atoms with Crippen molar-refractivity contribution in [3.63, 3.8) is 0 Å². The highest BCUT2D eigenvalue weighted by molar-refractivity contribution is 7.84. The molecule has 0 heterocycles. The Kier molecular flexibility index (Phi) is 7.02. The number of nitrogens with zero attached hydrogens (tertiary/aromatic N) is 1. The lowest BCUT2D eigenvalue weighted by atomic mass is 10.1. The van der Waals surface area contributed by atoms with E-state index >= 15 is 0 Å². The van der Waals surface area contributed by atoms with Crippen molar-refractivity contribution in [3.8, 4) is 0 Å². The van der Waals surface area contributed by atoms with Crippen molar-refractivity contribution in [2.75, 3.05) is 13.2 Å². The fourth-order valence-corrected chi connectivity index (χ4v) is 2.38. The Morgan fingerprint density at radius 2 is 1.94 bits per heavy atom. The number of halogens is 3. The van der Waals surface area contributed by atoms with Crippen molar-refractivity contribution in [2.24, 2.45) is 11.7 Å². The van der Waals surface area contributed by atoms with Gasteiger partial charge in [-0.2, -0.15) is 12.7 Å². The molecule has 2 N–H and O–H groups in total. The number of carbonyl (C=O) groups is 1. The lowest BCUT2D eigenvalue weighted by Gasteiger charge is -2.23. The van der Waals surface area contributed by atoms with Gasteiger partial charge in [-0.25, -0.2) is 8.98 Å². The predicted molar refractivity (Wildman–Crippen MR) is 70.9 cm³/mol. The highest BCUT2D eigenvalue weighted by Gasteiger charge is 2.31. The Labute approximate surface area is 122 Å². The number of primary amides is 1. The van der Waals surface area contributed by atoms with Crippen LogP contribution in [-0.4, -0.2) is 35.7 Å². The van der Waals surface area contributed by atoms with E-state index in [1.54, 1.807) is 6.92 Å². The zero-order chi connectivity index (χ0) is 14.6. The van der Waals surface area contributed by atoms with E-state index in [-0.39, 0.29) is 12.5 Å². The number of hydrogen-bond donors (Lipinski definition) is 1. The number of alkyl halides is 3. The zero-order valence-corrected chi connectivity index (χ0v) is 13.0. The first-order valence-corrected chi connectivity index (χ1v) is 7.52. The van der Waals surface area contributed by atoms with Gasteiger partial charge in [0.15, 0.2) is 0 Å². The second kappa shape index (κ2) is 7.00. The minimum Gasteiger partial charge on any atom is -0.351 e. The van der Waals surface area contributed by atoms with Gasteiger partial charge in [-0.3, -0.25) is 0 Å². The van der Waals surface area contributed by atoms with Crippen molar-refractivity contribution >= 4 is 51.1 Å². The SMILES string of the molecule is CC[C@H](C)CN(C(N)=O)S(=O)(=O)OCC(Cl)(Cl)Cl. The third-order valence-corrected chi connectivity index (χ3v) is 3.67. The number of urea groups is 1. The van der Waals surface area contributed by atoms with E-state index in [1.165, 1.54) is 0 Å². The molecule has 0 spiro atoms. The molecule has 0 radical (unpaired) electrons. The van der Waals surface area contributed by atoms with Crippen LogP contribution in [0.1, 0.15) is 20.3 Å². The van der Waals surface area contributed by atoms with Gasteiger partial charge < -0.3 is 5.73 Å². The van der Waals surface area contributed by atoms with Crippen molar-refractivity contribution in [1.82, 2.24) is 4.31 Å². The lowest BCUT2D eigenvalue weighted by Crippen LogP contribution is -2.44. The topological polar surface area (TPSA) is 89.7 Å². The summed E-state index contributed by atoms with van der Waals surface area (Å²) in [6, 6.07) is -1.14. The van der Waals surface area contributed by atoms with Gasteiger partial charge in [-0.1, -0.05) is 55.1 Å². The number of hydrogen-bond acceptors (Lipinski definition) is 4. The van der Waals surface area contributed by atoms with Gasteiger partial charge >= 0.3 is 16.3 Å². The van der Waals surface area contributed by atoms with Crippen LogP contribution in [0.15, 0.2) is 0 Å². The van der Waals surface area contributed by atoms with Crippen molar-refractivity contribution < 1.29 is 17.4 Å². The lowest BCUT2D eigenvalue weighted by molar-refractivity contribution is 0.215. The van der Waals surface area contributed by atoms with Crippen LogP contribution in [0.25, 0.3) is 0 Å². The number of nitrogens with two attached hydrogens (primary N) is 1. The first kappa shape index (κ1) is 18.0. The Morgan fingerprint density at radius 1 is 1.44 bits per heavy atom. The summed E-state index contributed by atoms with van der Waals surface area (Å²) in [5.74, 6) is -0.0661. The van der Waals surface area contributed by atoms with Gasteiger partial charge in [0.05, 0.1) is 0 Å². The molecule has 6 nitrogen and oxygen atoms in total. The van der Waals surface area contributed by atoms with Crippen LogP contribution >= 0.6 is 34.8 Å². The van der Waals surface area contributed by atoms with E-state index in [0.29, 0.717) is 10.7 Å². The molecule has 18 heavy (non-hydrogen) atoms. The van der Waals surface area contributed by atoms with E-state index in [9.17, 15) is 13.2 Å². The molecule has 0 unspecified atom stereocenters. The van der Waals surface area contributed by atoms with Crippen LogP contribution in [0, 0.1) is 5.92 Å². The van der Waals surface area contributed by atoms with Gasteiger partial charge in [0.25, 0.3) is 0 Å². The number of rotatable bonds is 6. The summed E-state index contributed by atoms with van der Waals surface area (Å²) in [6.45, 7) is 2.82. The van der Waals surface area contributed by atoms with Crippen LogP contribution < -0.4 is 5.73 Å². The standard InChI is InChI=1S/C8H15Cl3N2O4S/c1-3-6(2)4-13(7(12)14)18(15,16)17-5-8(9,10)11/h6H,3-5H2,1-2H3,(H2,12,14)/t6-/m0/s1. The second-order valence-electron chi connectivity index (χ2n) is 3.72. The van der Waals surface area contributed by atoms with Crippen LogP contribution in [0.4, 0.5) is 4.79 Å². The zero-order valence-electron chi connectivity index (χ0n) is 9.90. The predicted octanol–water partition coefficient (Wildman–Crippen LogP) is 2.04. The molecule has 0 aromatic carbocycles.